The molecule has 0 radical (unpaired) electrons. The van der Waals surface area contributed by atoms with E-state index in [0.717, 1.165) is 5.39 Å². The molecular formula is C9H6N2O. The number of phenols is 1. The predicted molar refractivity (Wildman–Crippen MR) is 44.7 cm³/mol. The van der Waals surface area contributed by atoms with Crippen LogP contribution in [0.25, 0.3) is 10.9 Å². The monoisotopic (exact) mass is 158 g/mol. The lowest BCUT2D eigenvalue weighted by molar-refractivity contribution is 0.480. The number of hydrogen-bond acceptors (Lipinski definition) is 2. The summed E-state index contributed by atoms with van der Waals surface area (Å²) < 4.78 is 0. The highest BCUT2D eigenvalue weighted by atomic mass is 16.3. The smallest absolute Gasteiger partial charge is 0.139 e. The molecule has 1 aromatic heterocycles. The Morgan fingerprint density at radius 3 is 3.00 bits per heavy atom. The predicted octanol–water partition coefficient (Wildman–Crippen LogP) is 1.75. The van der Waals surface area contributed by atoms with E-state index in [9.17, 15) is 5.11 Å². The largest absolute Gasteiger partial charge is 0.506 e. The summed E-state index contributed by atoms with van der Waals surface area (Å²) >= 11 is 0. The molecule has 1 aromatic carbocycles. The van der Waals surface area contributed by atoms with Crippen molar-refractivity contribution >= 4 is 10.9 Å². The first-order chi connectivity index (χ1) is 5.83. The molecule has 0 spiro atoms. The third-order valence-electron chi connectivity index (χ3n) is 1.81. The molecule has 3 heteroatoms. The Bertz CT molecular complexity index is 465. The maximum absolute atomic E-state index is 9.34. The van der Waals surface area contributed by atoms with Crippen molar-refractivity contribution in [3.63, 3.8) is 0 Å². The van der Waals surface area contributed by atoms with Crippen LogP contribution in [0.1, 0.15) is 5.56 Å². The summed E-state index contributed by atoms with van der Waals surface area (Å²) in [5.74, 6) is 0.175. The van der Waals surface area contributed by atoms with Crippen LogP contribution < -0.4 is 0 Å². The average Bonchev–Trinajstić information content (AvgIpc) is 2.49. The van der Waals surface area contributed by atoms with E-state index in [0.29, 0.717) is 11.1 Å². The van der Waals surface area contributed by atoms with Crippen molar-refractivity contribution in [3.05, 3.63) is 30.0 Å². The minimum Gasteiger partial charge on any atom is -0.506 e. The lowest BCUT2D eigenvalue weighted by Gasteiger charge is -1.92. The third kappa shape index (κ3) is 0.753. The van der Waals surface area contributed by atoms with Crippen LogP contribution in [-0.4, -0.2) is 10.1 Å². The number of phenolic OH excluding ortho intramolecular Hbond substituents is 1. The summed E-state index contributed by atoms with van der Waals surface area (Å²) in [7, 11) is 0. The van der Waals surface area contributed by atoms with E-state index >= 15 is 0 Å². The molecule has 0 aliphatic carbocycles. The fourth-order valence-electron chi connectivity index (χ4n) is 1.23. The quantitative estimate of drug-likeness (QED) is 0.613. The first kappa shape index (κ1) is 6.74. The number of aromatic amines is 1. The molecular weight excluding hydrogens is 152 g/mol. The molecule has 0 saturated heterocycles. The Balaban J connectivity index is 2.91. The third-order valence-corrected chi connectivity index (χ3v) is 1.81. The number of benzene rings is 1. The van der Waals surface area contributed by atoms with E-state index in [1.54, 1.807) is 24.4 Å². The van der Waals surface area contributed by atoms with Crippen LogP contribution in [0.15, 0.2) is 24.4 Å². The van der Waals surface area contributed by atoms with Gasteiger partial charge in [0.15, 0.2) is 0 Å². The van der Waals surface area contributed by atoms with Gasteiger partial charge in [-0.05, 0) is 6.07 Å². The van der Waals surface area contributed by atoms with Gasteiger partial charge in [0.25, 0.3) is 0 Å². The van der Waals surface area contributed by atoms with Crippen molar-refractivity contribution in [1.82, 2.24) is 4.98 Å². The summed E-state index contributed by atoms with van der Waals surface area (Å²) in [5.41, 5.74) is 1.18. The van der Waals surface area contributed by atoms with Crippen molar-refractivity contribution < 1.29 is 5.11 Å². The van der Waals surface area contributed by atoms with Gasteiger partial charge in [0.05, 0.1) is 11.1 Å². The SMILES string of the molecule is N#Cc1c[nH]c2c(O)cccc12. The number of para-hydroxylation sites is 1. The number of aromatic nitrogens is 1. The van der Waals surface area contributed by atoms with Crippen molar-refractivity contribution in [1.29, 1.82) is 5.26 Å². The van der Waals surface area contributed by atoms with Gasteiger partial charge >= 0.3 is 0 Å². The van der Waals surface area contributed by atoms with Crippen molar-refractivity contribution in [2.24, 2.45) is 0 Å². The summed E-state index contributed by atoms with van der Waals surface area (Å²) in [6.07, 6.45) is 1.59. The van der Waals surface area contributed by atoms with Crippen LogP contribution in [0, 0.1) is 11.3 Å². The van der Waals surface area contributed by atoms with Gasteiger partial charge in [-0.2, -0.15) is 5.26 Å². The van der Waals surface area contributed by atoms with Crippen LogP contribution in [0.4, 0.5) is 0 Å². The fraction of sp³-hybridized carbons (Fsp3) is 0. The first-order valence-electron chi connectivity index (χ1n) is 3.52. The van der Waals surface area contributed by atoms with Gasteiger partial charge in [0.1, 0.15) is 11.8 Å². The number of nitrogens with one attached hydrogen (secondary N) is 1. The Labute approximate surface area is 68.9 Å². The Kier molecular flexibility index (Phi) is 1.28. The Morgan fingerprint density at radius 1 is 1.42 bits per heavy atom. The Hall–Kier alpha value is -1.95. The number of fused-ring (bicyclic) bond motifs is 1. The molecule has 1 heterocycles. The first-order valence-corrected chi connectivity index (χ1v) is 3.52. The van der Waals surface area contributed by atoms with Gasteiger partial charge in [-0.1, -0.05) is 12.1 Å². The minimum atomic E-state index is 0.175. The molecule has 3 nitrogen and oxygen atoms in total. The number of hydrogen-bond donors (Lipinski definition) is 2. The summed E-state index contributed by atoms with van der Waals surface area (Å²) in [6, 6.07) is 7.13. The lowest BCUT2D eigenvalue weighted by atomic mass is 10.2. The standard InChI is InChI=1S/C9H6N2O/c10-4-6-5-11-9-7(6)2-1-3-8(9)12/h1-3,5,11-12H. The summed E-state index contributed by atoms with van der Waals surface area (Å²) in [5, 5.41) is 18.8. The van der Waals surface area contributed by atoms with Crippen molar-refractivity contribution in [3.8, 4) is 11.8 Å². The van der Waals surface area contributed by atoms with Crippen LogP contribution in [0.5, 0.6) is 5.75 Å². The second kappa shape index (κ2) is 2.28. The minimum absolute atomic E-state index is 0.175. The zero-order valence-electron chi connectivity index (χ0n) is 6.20. The molecule has 12 heavy (non-hydrogen) atoms. The molecule has 0 aliphatic heterocycles. The molecule has 0 aliphatic rings. The Morgan fingerprint density at radius 2 is 2.25 bits per heavy atom. The lowest BCUT2D eigenvalue weighted by Crippen LogP contribution is -1.70. The molecule has 2 rings (SSSR count). The maximum atomic E-state index is 9.34. The highest BCUT2D eigenvalue weighted by Gasteiger charge is 2.04. The number of rotatable bonds is 0. The number of H-pyrrole nitrogens is 1. The van der Waals surface area contributed by atoms with Crippen LogP contribution >= 0.6 is 0 Å². The highest BCUT2D eigenvalue weighted by Crippen LogP contribution is 2.25. The highest BCUT2D eigenvalue weighted by molar-refractivity contribution is 5.89. The second-order valence-corrected chi connectivity index (χ2v) is 2.51. The molecule has 2 N–H and O–H groups in total. The van der Waals surface area contributed by atoms with E-state index in [-0.39, 0.29) is 5.75 Å². The number of nitrogens with zero attached hydrogens (tertiary/aromatic N) is 1. The van der Waals surface area contributed by atoms with Gasteiger partial charge in [0.2, 0.25) is 0 Å². The summed E-state index contributed by atoms with van der Waals surface area (Å²) in [6.45, 7) is 0. The maximum Gasteiger partial charge on any atom is 0.139 e. The second-order valence-electron chi connectivity index (χ2n) is 2.51. The molecule has 2 aromatic rings. The van der Waals surface area contributed by atoms with Gasteiger partial charge < -0.3 is 10.1 Å². The van der Waals surface area contributed by atoms with E-state index in [1.807, 2.05) is 6.07 Å². The molecule has 0 bridgehead atoms. The van der Waals surface area contributed by atoms with E-state index in [2.05, 4.69) is 4.98 Å². The van der Waals surface area contributed by atoms with E-state index in [4.69, 9.17) is 5.26 Å². The molecule has 58 valence electrons. The van der Waals surface area contributed by atoms with Crippen LogP contribution in [0.3, 0.4) is 0 Å². The van der Waals surface area contributed by atoms with Crippen molar-refractivity contribution in [2.45, 2.75) is 0 Å². The molecule has 0 unspecified atom stereocenters. The van der Waals surface area contributed by atoms with Crippen LogP contribution in [-0.2, 0) is 0 Å². The topological polar surface area (TPSA) is 59.8 Å². The van der Waals surface area contributed by atoms with Gasteiger partial charge in [-0.25, -0.2) is 0 Å². The van der Waals surface area contributed by atoms with Gasteiger partial charge in [0, 0.05) is 11.6 Å². The van der Waals surface area contributed by atoms with Crippen LogP contribution in [0.2, 0.25) is 0 Å². The zero-order valence-corrected chi connectivity index (χ0v) is 6.20. The zero-order chi connectivity index (χ0) is 8.55. The molecule has 0 fully saturated rings. The number of nitriles is 1. The summed E-state index contributed by atoms with van der Waals surface area (Å²) in [4.78, 5) is 2.83. The van der Waals surface area contributed by atoms with E-state index < -0.39 is 0 Å². The molecule has 0 amide bonds. The van der Waals surface area contributed by atoms with Gasteiger partial charge in [-0.3, -0.25) is 0 Å². The molecule has 0 saturated carbocycles. The fourth-order valence-corrected chi connectivity index (χ4v) is 1.23. The normalized spacial score (nSPS) is 9.92. The van der Waals surface area contributed by atoms with Gasteiger partial charge in [-0.15, -0.1) is 0 Å². The average molecular weight is 158 g/mol. The van der Waals surface area contributed by atoms with E-state index in [1.165, 1.54) is 0 Å². The number of aromatic hydroxyl groups is 1. The van der Waals surface area contributed by atoms with Crippen molar-refractivity contribution in [2.75, 3.05) is 0 Å². The molecule has 0 atom stereocenters.